The van der Waals surface area contributed by atoms with E-state index >= 15 is 0 Å². The summed E-state index contributed by atoms with van der Waals surface area (Å²) in [5.74, 6) is 0.466. The van der Waals surface area contributed by atoms with E-state index in [2.05, 4.69) is 0 Å². The molecule has 3 rings (SSSR count). The van der Waals surface area contributed by atoms with Crippen molar-refractivity contribution in [1.82, 2.24) is 4.90 Å². The molecule has 0 unspecified atom stereocenters. The van der Waals surface area contributed by atoms with Crippen LogP contribution in [0.15, 0.2) is 36.4 Å². The first-order chi connectivity index (χ1) is 14.5. The highest BCUT2D eigenvalue weighted by atomic mass is 16.6. The number of carbonyl (C=O) groups excluding carboxylic acids is 1. The monoisotopic (exact) mass is 415 g/mol. The van der Waals surface area contributed by atoms with Gasteiger partial charge in [0.15, 0.2) is 11.5 Å². The van der Waals surface area contributed by atoms with E-state index in [1.807, 2.05) is 11.8 Å². The number of rotatable bonds is 7. The Morgan fingerprint density at radius 3 is 2.23 bits per heavy atom. The lowest BCUT2D eigenvalue weighted by molar-refractivity contribution is -0.384. The van der Waals surface area contributed by atoms with Crippen molar-refractivity contribution in [2.24, 2.45) is 0 Å². The third-order valence-corrected chi connectivity index (χ3v) is 4.88. The van der Waals surface area contributed by atoms with Crippen molar-refractivity contribution < 1.29 is 24.3 Å². The number of phenols is 1. The van der Waals surface area contributed by atoms with Gasteiger partial charge in [-0.25, -0.2) is 0 Å². The normalized spacial score (nSPS) is 13.8. The van der Waals surface area contributed by atoms with Crippen LogP contribution in [0.5, 0.6) is 17.2 Å². The van der Waals surface area contributed by atoms with Crippen molar-refractivity contribution in [3.8, 4) is 17.2 Å². The number of nitrogens with zero attached hydrogens (tertiary/aromatic N) is 3. The summed E-state index contributed by atoms with van der Waals surface area (Å²) in [6.45, 7) is 5.99. The predicted octanol–water partition coefficient (Wildman–Crippen LogP) is 3.06. The maximum absolute atomic E-state index is 12.7. The molecular formula is C21H25N3O6. The summed E-state index contributed by atoms with van der Waals surface area (Å²) < 4.78 is 11.1. The molecule has 1 fully saturated rings. The number of nitro benzene ring substituents is 1. The SMILES string of the molecule is CCOc1cc(N2CCN(C(=O)c3ccccc3O)CC2)c([N+](=O)[O-])cc1OCC. The molecule has 0 spiro atoms. The highest BCUT2D eigenvalue weighted by Crippen LogP contribution is 2.40. The summed E-state index contributed by atoms with van der Waals surface area (Å²) >= 11 is 0. The molecule has 1 N–H and O–H groups in total. The van der Waals surface area contributed by atoms with Crippen LogP contribution in [0.2, 0.25) is 0 Å². The Morgan fingerprint density at radius 1 is 1.07 bits per heavy atom. The fourth-order valence-electron chi connectivity index (χ4n) is 3.45. The Morgan fingerprint density at radius 2 is 1.67 bits per heavy atom. The summed E-state index contributed by atoms with van der Waals surface area (Å²) in [4.78, 5) is 27.4. The second kappa shape index (κ2) is 9.34. The molecule has 0 aliphatic carbocycles. The molecule has 0 bridgehead atoms. The quantitative estimate of drug-likeness (QED) is 0.547. The van der Waals surface area contributed by atoms with Crippen LogP contribution in [0.1, 0.15) is 24.2 Å². The molecule has 160 valence electrons. The molecule has 0 atom stereocenters. The van der Waals surface area contributed by atoms with Crippen molar-refractivity contribution in [3.63, 3.8) is 0 Å². The van der Waals surface area contributed by atoms with E-state index in [9.17, 15) is 20.0 Å². The standard InChI is InChI=1S/C21H25N3O6/c1-3-29-19-13-16(17(24(27)28)14-20(19)30-4-2)22-9-11-23(12-10-22)21(26)15-7-5-6-8-18(15)25/h5-8,13-14,25H,3-4,9-12H2,1-2H3. The number of carbonyl (C=O) groups is 1. The minimum atomic E-state index is -0.437. The summed E-state index contributed by atoms with van der Waals surface area (Å²) in [6, 6.07) is 9.43. The third-order valence-electron chi connectivity index (χ3n) is 4.88. The Labute approximate surface area is 174 Å². The number of aromatic hydroxyl groups is 1. The topological polar surface area (TPSA) is 105 Å². The first-order valence-corrected chi connectivity index (χ1v) is 9.86. The maximum Gasteiger partial charge on any atom is 0.296 e. The van der Waals surface area contributed by atoms with Gasteiger partial charge in [-0.2, -0.15) is 0 Å². The van der Waals surface area contributed by atoms with Crippen molar-refractivity contribution in [2.75, 3.05) is 44.3 Å². The van der Waals surface area contributed by atoms with Crippen LogP contribution >= 0.6 is 0 Å². The number of ether oxygens (including phenoxy) is 2. The van der Waals surface area contributed by atoms with Crippen LogP contribution in [-0.4, -0.2) is 60.2 Å². The van der Waals surface area contributed by atoms with E-state index < -0.39 is 4.92 Å². The number of benzene rings is 2. The van der Waals surface area contributed by atoms with Gasteiger partial charge in [0.25, 0.3) is 11.6 Å². The van der Waals surface area contributed by atoms with E-state index in [-0.39, 0.29) is 22.9 Å². The Bertz CT molecular complexity index is 925. The molecule has 1 heterocycles. The molecule has 0 aromatic heterocycles. The minimum absolute atomic E-state index is 0.0616. The van der Waals surface area contributed by atoms with Gasteiger partial charge in [0.05, 0.1) is 29.8 Å². The lowest BCUT2D eigenvalue weighted by atomic mass is 10.1. The van der Waals surface area contributed by atoms with E-state index in [1.54, 1.807) is 36.1 Å². The zero-order chi connectivity index (χ0) is 21.7. The number of nitro groups is 1. The Balaban J connectivity index is 1.82. The van der Waals surface area contributed by atoms with Crippen molar-refractivity contribution in [3.05, 3.63) is 52.1 Å². The van der Waals surface area contributed by atoms with Gasteiger partial charge in [0, 0.05) is 32.2 Å². The molecule has 1 amide bonds. The highest BCUT2D eigenvalue weighted by molar-refractivity contribution is 5.97. The van der Waals surface area contributed by atoms with Crippen LogP contribution < -0.4 is 14.4 Å². The van der Waals surface area contributed by atoms with Crippen LogP contribution in [0, 0.1) is 10.1 Å². The number of hydrogen-bond donors (Lipinski definition) is 1. The average molecular weight is 415 g/mol. The fraction of sp³-hybridized carbons (Fsp3) is 0.381. The number of anilines is 1. The molecule has 1 saturated heterocycles. The summed E-state index contributed by atoms with van der Waals surface area (Å²) in [7, 11) is 0. The third kappa shape index (κ3) is 4.40. The van der Waals surface area contributed by atoms with E-state index in [0.717, 1.165) is 0 Å². The van der Waals surface area contributed by atoms with Gasteiger partial charge < -0.3 is 24.4 Å². The van der Waals surface area contributed by atoms with Crippen molar-refractivity contribution >= 4 is 17.3 Å². The first-order valence-electron chi connectivity index (χ1n) is 9.86. The van der Waals surface area contributed by atoms with Crippen molar-refractivity contribution in [2.45, 2.75) is 13.8 Å². The second-order valence-electron chi connectivity index (χ2n) is 6.71. The van der Waals surface area contributed by atoms with Crippen LogP contribution in [-0.2, 0) is 0 Å². The van der Waals surface area contributed by atoms with E-state index in [0.29, 0.717) is 56.6 Å². The number of hydrogen-bond acceptors (Lipinski definition) is 7. The van der Waals surface area contributed by atoms with Crippen molar-refractivity contribution in [1.29, 1.82) is 0 Å². The first kappa shape index (κ1) is 21.2. The zero-order valence-corrected chi connectivity index (χ0v) is 17.0. The van der Waals surface area contributed by atoms with Crippen LogP contribution in [0.4, 0.5) is 11.4 Å². The molecule has 2 aromatic rings. The summed E-state index contributed by atoms with van der Waals surface area (Å²) in [6.07, 6.45) is 0. The Kier molecular flexibility index (Phi) is 6.61. The summed E-state index contributed by atoms with van der Waals surface area (Å²) in [5, 5.41) is 21.6. The molecule has 9 heteroatoms. The lowest BCUT2D eigenvalue weighted by Crippen LogP contribution is -2.49. The largest absolute Gasteiger partial charge is 0.507 e. The molecule has 0 saturated carbocycles. The summed E-state index contributed by atoms with van der Waals surface area (Å²) in [5.41, 5.74) is 0.612. The number of piperazine rings is 1. The van der Waals surface area contributed by atoms with E-state index in [4.69, 9.17) is 9.47 Å². The van der Waals surface area contributed by atoms with Gasteiger partial charge in [-0.1, -0.05) is 12.1 Å². The number of phenolic OH excluding ortho intramolecular Hbond substituents is 1. The Hall–Kier alpha value is -3.49. The smallest absolute Gasteiger partial charge is 0.296 e. The molecule has 0 radical (unpaired) electrons. The van der Waals surface area contributed by atoms with E-state index in [1.165, 1.54) is 12.1 Å². The van der Waals surface area contributed by atoms with Gasteiger partial charge >= 0.3 is 0 Å². The highest BCUT2D eigenvalue weighted by Gasteiger charge is 2.29. The average Bonchev–Trinajstić information content (AvgIpc) is 2.75. The van der Waals surface area contributed by atoms with Gasteiger partial charge in [-0.3, -0.25) is 14.9 Å². The number of amides is 1. The maximum atomic E-state index is 12.7. The second-order valence-corrected chi connectivity index (χ2v) is 6.71. The van der Waals surface area contributed by atoms with Gasteiger partial charge in [-0.15, -0.1) is 0 Å². The molecule has 1 aliphatic rings. The molecular weight excluding hydrogens is 390 g/mol. The zero-order valence-electron chi connectivity index (χ0n) is 17.0. The molecule has 1 aliphatic heterocycles. The van der Waals surface area contributed by atoms with Gasteiger partial charge in [0.2, 0.25) is 0 Å². The van der Waals surface area contributed by atoms with Gasteiger partial charge in [0.1, 0.15) is 11.4 Å². The minimum Gasteiger partial charge on any atom is -0.507 e. The van der Waals surface area contributed by atoms with Crippen LogP contribution in [0.25, 0.3) is 0 Å². The van der Waals surface area contributed by atoms with Crippen LogP contribution in [0.3, 0.4) is 0 Å². The number of para-hydroxylation sites is 1. The van der Waals surface area contributed by atoms with Gasteiger partial charge in [-0.05, 0) is 26.0 Å². The molecule has 30 heavy (non-hydrogen) atoms. The predicted molar refractivity (Wildman–Crippen MR) is 112 cm³/mol. The molecule has 2 aromatic carbocycles. The molecule has 9 nitrogen and oxygen atoms in total. The fourth-order valence-corrected chi connectivity index (χ4v) is 3.45. The lowest BCUT2D eigenvalue weighted by Gasteiger charge is -2.36.